The first-order valence-electron chi connectivity index (χ1n) is 10.00. The standard InChI is InChI=1S/C20H29N5OS.ClH/c1-13-14(2)27-19-17(13)18(22-12-23-19)24-9-6-15(7-10-24)20(26)25-8-4-5-16(11-25)21-3;/h12,15-16,21H,4-11H2,1-3H3;1H. The number of aromatic nitrogens is 2. The Morgan fingerprint density at radius 2 is 1.93 bits per heavy atom. The Hall–Kier alpha value is -1.44. The molecular formula is C20H30ClN5OS. The molecule has 2 aromatic heterocycles. The highest BCUT2D eigenvalue weighted by Crippen LogP contribution is 2.35. The van der Waals surface area contributed by atoms with Gasteiger partial charge in [0.25, 0.3) is 0 Å². The minimum absolute atomic E-state index is 0. The van der Waals surface area contributed by atoms with Crippen LogP contribution in [-0.2, 0) is 4.79 Å². The van der Waals surface area contributed by atoms with Gasteiger partial charge in [-0.25, -0.2) is 9.97 Å². The molecule has 1 atom stereocenters. The molecule has 0 radical (unpaired) electrons. The highest BCUT2D eigenvalue weighted by molar-refractivity contribution is 7.18. The van der Waals surface area contributed by atoms with E-state index in [0.717, 1.165) is 56.1 Å². The summed E-state index contributed by atoms with van der Waals surface area (Å²) in [6, 6.07) is 0.446. The van der Waals surface area contributed by atoms with E-state index in [1.807, 2.05) is 7.05 Å². The van der Waals surface area contributed by atoms with E-state index in [4.69, 9.17) is 0 Å². The fourth-order valence-electron chi connectivity index (χ4n) is 4.41. The number of carbonyl (C=O) groups is 1. The summed E-state index contributed by atoms with van der Waals surface area (Å²) in [4.78, 5) is 28.8. The molecule has 0 saturated carbocycles. The molecule has 4 heterocycles. The predicted molar refractivity (Wildman–Crippen MR) is 118 cm³/mol. The molecule has 6 nitrogen and oxygen atoms in total. The zero-order valence-electron chi connectivity index (χ0n) is 16.9. The van der Waals surface area contributed by atoms with E-state index >= 15 is 0 Å². The number of amides is 1. The molecule has 28 heavy (non-hydrogen) atoms. The number of likely N-dealkylation sites (tertiary alicyclic amines) is 1. The Morgan fingerprint density at radius 3 is 2.64 bits per heavy atom. The highest BCUT2D eigenvalue weighted by Gasteiger charge is 2.32. The summed E-state index contributed by atoms with van der Waals surface area (Å²) in [7, 11) is 1.99. The number of carbonyl (C=O) groups excluding carboxylic acids is 1. The Morgan fingerprint density at radius 1 is 1.18 bits per heavy atom. The van der Waals surface area contributed by atoms with Crippen LogP contribution in [0.3, 0.4) is 0 Å². The van der Waals surface area contributed by atoms with Gasteiger partial charge in [0, 0.05) is 43.0 Å². The lowest BCUT2D eigenvalue weighted by atomic mass is 9.93. The predicted octanol–water partition coefficient (Wildman–Crippen LogP) is 3.16. The molecule has 2 aliphatic rings. The Kier molecular flexibility index (Phi) is 6.78. The smallest absolute Gasteiger partial charge is 0.225 e. The quantitative estimate of drug-likeness (QED) is 0.821. The Balaban J connectivity index is 0.00000225. The Labute approximate surface area is 177 Å². The van der Waals surface area contributed by atoms with E-state index in [1.54, 1.807) is 17.7 Å². The zero-order chi connectivity index (χ0) is 19.0. The van der Waals surface area contributed by atoms with Gasteiger partial charge in [-0.05, 0) is 52.1 Å². The van der Waals surface area contributed by atoms with Gasteiger partial charge in [0.05, 0.1) is 5.39 Å². The van der Waals surface area contributed by atoms with Gasteiger partial charge in [0.1, 0.15) is 17.0 Å². The first-order valence-corrected chi connectivity index (χ1v) is 10.8. The van der Waals surface area contributed by atoms with Crippen molar-refractivity contribution < 1.29 is 4.79 Å². The molecule has 2 saturated heterocycles. The van der Waals surface area contributed by atoms with Crippen LogP contribution in [0.5, 0.6) is 0 Å². The van der Waals surface area contributed by atoms with Gasteiger partial charge in [0.15, 0.2) is 0 Å². The summed E-state index contributed by atoms with van der Waals surface area (Å²) in [5, 5.41) is 4.52. The lowest BCUT2D eigenvalue weighted by molar-refractivity contribution is -0.137. The fourth-order valence-corrected chi connectivity index (χ4v) is 5.40. The van der Waals surface area contributed by atoms with Crippen molar-refractivity contribution in [3.63, 3.8) is 0 Å². The molecule has 8 heteroatoms. The van der Waals surface area contributed by atoms with Gasteiger partial charge in [-0.15, -0.1) is 23.7 Å². The number of piperidine rings is 2. The van der Waals surface area contributed by atoms with Gasteiger partial charge in [-0.2, -0.15) is 0 Å². The van der Waals surface area contributed by atoms with Gasteiger partial charge >= 0.3 is 0 Å². The van der Waals surface area contributed by atoms with Crippen molar-refractivity contribution in [2.24, 2.45) is 5.92 Å². The number of thiophene rings is 1. The second-order valence-corrected chi connectivity index (χ2v) is 9.04. The molecule has 154 valence electrons. The summed E-state index contributed by atoms with van der Waals surface area (Å²) >= 11 is 1.74. The maximum Gasteiger partial charge on any atom is 0.225 e. The maximum atomic E-state index is 13.0. The zero-order valence-corrected chi connectivity index (χ0v) is 18.5. The number of fused-ring (bicyclic) bond motifs is 1. The summed E-state index contributed by atoms with van der Waals surface area (Å²) < 4.78 is 0. The summed E-state index contributed by atoms with van der Waals surface area (Å²) in [6.45, 7) is 7.85. The molecule has 0 spiro atoms. The first kappa shape index (κ1) is 21.3. The van der Waals surface area contributed by atoms with Crippen LogP contribution in [0.15, 0.2) is 6.33 Å². The van der Waals surface area contributed by atoms with E-state index in [0.29, 0.717) is 11.9 Å². The average molecular weight is 424 g/mol. The number of rotatable bonds is 3. The van der Waals surface area contributed by atoms with Crippen molar-refractivity contribution >= 4 is 45.7 Å². The van der Waals surface area contributed by atoms with Crippen molar-refractivity contribution in [3.8, 4) is 0 Å². The molecule has 0 aliphatic carbocycles. The first-order chi connectivity index (χ1) is 13.1. The molecule has 2 fully saturated rings. The number of halogens is 1. The number of anilines is 1. The normalized spacial score (nSPS) is 21.0. The number of aryl methyl sites for hydroxylation is 2. The monoisotopic (exact) mass is 423 g/mol. The van der Waals surface area contributed by atoms with Crippen LogP contribution in [0.1, 0.15) is 36.1 Å². The molecule has 2 aliphatic heterocycles. The third-order valence-corrected chi connectivity index (χ3v) is 7.35. The van der Waals surface area contributed by atoms with E-state index < -0.39 is 0 Å². The summed E-state index contributed by atoms with van der Waals surface area (Å²) in [5.41, 5.74) is 1.29. The molecular weight excluding hydrogens is 394 g/mol. The average Bonchev–Trinajstić information content (AvgIpc) is 3.01. The number of nitrogens with one attached hydrogen (secondary N) is 1. The van der Waals surface area contributed by atoms with Crippen LogP contribution >= 0.6 is 23.7 Å². The fraction of sp³-hybridized carbons (Fsp3) is 0.650. The highest BCUT2D eigenvalue weighted by atomic mass is 35.5. The molecule has 2 aromatic rings. The molecule has 1 amide bonds. The maximum absolute atomic E-state index is 13.0. The molecule has 1 unspecified atom stereocenters. The molecule has 0 aromatic carbocycles. The van der Waals surface area contributed by atoms with Gasteiger partial charge in [-0.1, -0.05) is 0 Å². The van der Waals surface area contributed by atoms with E-state index in [9.17, 15) is 4.79 Å². The van der Waals surface area contributed by atoms with Crippen LogP contribution in [0.4, 0.5) is 5.82 Å². The van der Waals surface area contributed by atoms with Crippen molar-refractivity contribution in [3.05, 3.63) is 16.8 Å². The van der Waals surface area contributed by atoms with Crippen LogP contribution in [-0.4, -0.2) is 60.0 Å². The Bertz CT molecular complexity index is 833. The van der Waals surface area contributed by atoms with Crippen LogP contribution < -0.4 is 10.2 Å². The number of hydrogen-bond donors (Lipinski definition) is 1. The van der Waals surface area contributed by atoms with Crippen LogP contribution in [0.2, 0.25) is 0 Å². The number of likely N-dealkylation sites (N-methyl/N-ethyl adjacent to an activating group) is 1. The molecule has 1 N–H and O–H groups in total. The van der Waals surface area contributed by atoms with Gasteiger partial charge < -0.3 is 15.1 Å². The third-order valence-electron chi connectivity index (χ3n) is 6.23. The van der Waals surface area contributed by atoms with E-state index in [1.165, 1.54) is 22.2 Å². The molecule has 4 rings (SSSR count). The summed E-state index contributed by atoms with van der Waals surface area (Å²) in [5.74, 6) is 1.55. The largest absolute Gasteiger partial charge is 0.356 e. The van der Waals surface area contributed by atoms with Crippen molar-refractivity contribution in [1.82, 2.24) is 20.2 Å². The second-order valence-electron chi connectivity index (χ2n) is 7.83. The topological polar surface area (TPSA) is 61.4 Å². The van der Waals surface area contributed by atoms with E-state index in [2.05, 4.69) is 38.9 Å². The van der Waals surface area contributed by atoms with Crippen LogP contribution in [0.25, 0.3) is 10.2 Å². The second kappa shape index (κ2) is 8.93. The minimum atomic E-state index is 0. The van der Waals surface area contributed by atoms with Crippen molar-refractivity contribution in [2.45, 2.75) is 45.6 Å². The summed E-state index contributed by atoms with van der Waals surface area (Å²) in [6.07, 6.45) is 5.77. The van der Waals surface area contributed by atoms with Crippen LogP contribution in [0, 0.1) is 19.8 Å². The number of nitrogens with zero attached hydrogens (tertiary/aromatic N) is 4. The lowest BCUT2D eigenvalue weighted by Crippen LogP contribution is -2.50. The SMILES string of the molecule is CNC1CCCN(C(=O)C2CCN(c3ncnc4sc(C)c(C)c34)CC2)C1.Cl. The van der Waals surface area contributed by atoms with Gasteiger partial charge in [0.2, 0.25) is 5.91 Å². The van der Waals surface area contributed by atoms with E-state index in [-0.39, 0.29) is 18.3 Å². The third kappa shape index (κ3) is 3.98. The van der Waals surface area contributed by atoms with Gasteiger partial charge in [-0.3, -0.25) is 4.79 Å². The minimum Gasteiger partial charge on any atom is -0.356 e. The van der Waals surface area contributed by atoms with Crippen molar-refractivity contribution in [2.75, 3.05) is 38.1 Å². The number of hydrogen-bond acceptors (Lipinski definition) is 6. The molecule has 0 bridgehead atoms. The lowest BCUT2D eigenvalue weighted by Gasteiger charge is -2.38. The van der Waals surface area contributed by atoms with Crippen molar-refractivity contribution in [1.29, 1.82) is 0 Å².